The van der Waals surface area contributed by atoms with Crippen molar-refractivity contribution >= 4 is 23.2 Å². The van der Waals surface area contributed by atoms with Crippen LogP contribution in [-0.4, -0.2) is 27.7 Å². The fraction of sp³-hybridized carbons (Fsp3) is 0.190. The third-order valence-electron chi connectivity index (χ3n) is 4.73. The normalized spacial score (nSPS) is 15.6. The second-order valence-corrected chi connectivity index (χ2v) is 7.07. The molecule has 0 unspecified atom stereocenters. The Morgan fingerprint density at radius 3 is 2.58 bits per heavy atom. The van der Waals surface area contributed by atoms with Crippen molar-refractivity contribution in [2.24, 2.45) is 0 Å². The number of rotatable bonds is 3. The van der Waals surface area contributed by atoms with Crippen LogP contribution in [0.3, 0.4) is 0 Å². The number of alkyl halides is 3. The topological polar surface area (TPSA) is 85.3 Å². The van der Waals surface area contributed by atoms with Crippen LogP contribution in [0.25, 0.3) is 5.69 Å². The van der Waals surface area contributed by atoms with E-state index in [1.165, 1.54) is 30.3 Å². The smallest absolute Gasteiger partial charge is 0.434 e. The van der Waals surface area contributed by atoms with Gasteiger partial charge in [-0.3, -0.25) is 9.59 Å². The zero-order chi connectivity index (χ0) is 22.3. The van der Waals surface area contributed by atoms with Gasteiger partial charge in [0.2, 0.25) is 0 Å². The lowest BCUT2D eigenvalue weighted by Crippen LogP contribution is -2.34. The summed E-state index contributed by atoms with van der Waals surface area (Å²) >= 11 is 0. The molecule has 160 valence electrons. The molecule has 0 radical (unpaired) electrons. The number of amides is 2. The molecule has 0 aliphatic carbocycles. The fourth-order valence-electron chi connectivity index (χ4n) is 3.15. The fourth-order valence-corrected chi connectivity index (χ4v) is 3.15. The van der Waals surface area contributed by atoms with Crippen LogP contribution < -0.4 is 15.4 Å². The van der Waals surface area contributed by atoms with Crippen molar-refractivity contribution < 1.29 is 27.5 Å². The van der Waals surface area contributed by atoms with Gasteiger partial charge < -0.3 is 15.4 Å². The molecule has 0 saturated heterocycles. The molecule has 2 N–H and O–H groups in total. The molecule has 0 bridgehead atoms. The highest BCUT2D eigenvalue weighted by atomic mass is 19.4. The van der Waals surface area contributed by atoms with Gasteiger partial charge in [-0.05, 0) is 44.2 Å². The summed E-state index contributed by atoms with van der Waals surface area (Å²) in [5.41, 5.74) is -0.247. The third kappa shape index (κ3) is 3.96. The summed E-state index contributed by atoms with van der Waals surface area (Å²) in [5.74, 6) is -0.954. The molecule has 1 aliphatic heterocycles. The summed E-state index contributed by atoms with van der Waals surface area (Å²) in [6, 6.07) is 10.7. The van der Waals surface area contributed by atoms with Crippen LogP contribution in [0.2, 0.25) is 0 Å². The van der Waals surface area contributed by atoms with E-state index in [4.69, 9.17) is 4.74 Å². The number of benzene rings is 2. The van der Waals surface area contributed by atoms with E-state index in [2.05, 4.69) is 15.7 Å². The van der Waals surface area contributed by atoms with E-state index in [0.717, 1.165) is 11.8 Å². The standard InChI is InChI=1S/C21H17F3N4O3/c1-11-3-6-14(7-4-11)28-18(21(22,23)24)15(10-25-28)20(30)26-13-5-8-17-16(9-13)27-19(29)12(2)31-17/h3-10,12H,1-2H3,(H,26,30)(H,27,29)/t12-/m1/s1. The maximum absolute atomic E-state index is 13.8. The number of nitrogens with one attached hydrogen (secondary N) is 2. The number of nitrogens with zero attached hydrogens (tertiary/aromatic N) is 2. The van der Waals surface area contributed by atoms with Crippen LogP contribution in [0.5, 0.6) is 5.75 Å². The number of carbonyl (C=O) groups is 2. The zero-order valence-corrected chi connectivity index (χ0v) is 16.4. The van der Waals surface area contributed by atoms with E-state index in [1.54, 1.807) is 19.1 Å². The summed E-state index contributed by atoms with van der Waals surface area (Å²) in [6.07, 6.45) is -4.61. The Kier molecular flexibility index (Phi) is 4.92. The molecule has 2 heterocycles. The molecule has 10 heteroatoms. The van der Waals surface area contributed by atoms with Crippen LogP contribution >= 0.6 is 0 Å². The van der Waals surface area contributed by atoms with Crippen LogP contribution in [0.4, 0.5) is 24.5 Å². The van der Waals surface area contributed by atoms with Crippen LogP contribution in [0.1, 0.15) is 28.5 Å². The molecule has 1 aliphatic rings. The minimum atomic E-state index is -4.82. The predicted molar refractivity (Wildman–Crippen MR) is 106 cm³/mol. The van der Waals surface area contributed by atoms with Gasteiger partial charge in [-0.25, -0.2) is 4.68 Å². The van der Waals surface area contributed by atoms with Gasteiger partial charge in [0.15, 0.2) is 11.8 Å². The maximum atomic E-state index is 13.8. The van der Waals surface area contributed by atoms with Crippen molar-refractivity contribution in [2.75, 3.05) is 10.6 Å². The van der Waals surface area contributed by atoms with Gasteiger partial charge in [0.1, 0.15) is 5.75 Å². The molecule has 7 nitrogen and oxygen atoms in total. The highest BCUT2D eigenvalue weighted by molar-refractivity contribution is 6.06. The van der Waals surface area contributed by atoms with Crippen molar-refractivity contribution in [2.45, 2.75) is 26.1 Å². The summed E-state index contributed by atoms with van der Waals surface area (Å²) in [7, 11) is 0. The number of aromatic nitrogens is 2. The van der Waals surface area contributed by atoms with Gasteiger partial charge in [-0.2, -0.15) is 18.3 Å². The Labute approximate surface area is 174 Å². The number of fused-ring (bicyclic) bond motifs is 1. The number of halogens is 3. The molecule has 2 amide bonds. The van der Waals surface area contributed by atoms with Crippen molar-refractivity contribution in [3.05, 3.63) is 65.5 Å². The van der Waals surface area contributed by atoms with E-state index in [1.807, 2.05) is 6.92 Å². The molecule has 3 aromatic rings. The molecular formula is C21H17F3N4O3. The quantitative estimate of drug-likeness (QED) is 0.653. The van der Waals surface area contributed by atoms with Crippen LogP contribution in [0, 0.1) is 6.92 Å². The first kappa shape index (κ1) is 20.5. The molecule has 0 spiro atoms. The SMILES string of the molecule is Cc1ccc(-n2ncc(C(=O)Nc3ccc4c(c3)NC(=O)[C@@H](C)O4)c2C(F)(F)F)cc1. The maximum Gasteiger partial charge on any atom is 0.434 e. The van der Waals surface area contributed by atoms with E-state index in [0.29, 0.717) is 16.1 Å². The number of carbonyl (C=O) groups excluding carboxylic acids is 2. The third-order valence-corrected chi connectivity index (χ3v) is 4.73. The summed E-state index contributed by atoms with van der Waals surface area (Å²) in [5, 5.41) is 8.83. The molecule has 2 aromatic carbocycles. The summed E-state index contributed by atoms with van der Waals surface area (Å²) in [6.45, 7) is 3.39. The molecule has 31 heavy (non-hydrogen) atoms. The Bertz CT molecular complexity index is 1170. The van der Waals surface area contributed by atoms with Gasteiger partial charge >= 0.3 is 6.18 Å². The largest absolute Gasteiger partial charge is 0.479 e. The van der Waals surface area contributed by atoms with Gasteiger partial charge in [0.25, 0.3) is 11.8 Å². The molecule has 1 atom stereocenters. The zero-order valence-electron chi connectivity index (χ0n) is 16.4. The first-order chi connectivity index (χ1) is 14.6. The van der Waals surface area contributed by atoms with Crippen molar-refractivity contribution in [1.82, 2.24) is 9.78 Å². The Morgan fingerprint density at radius 1 is 1.19 bits per heavy atom. The number of hydrogen-bond acceptors (Lipinski definition) is 4. The monoisotopic (exact) mass is 430 g/mol. The second-order valence-electron chi connectivity index (χ2n) is 7.07. The van der Waals surface area contributed by atoms with Gasteiger partial charge in [0, 0.05) is 5.69 Å². The molecule has 0 saturated carbocycles. The molecule has 0 fully saturated rings. The lowest BCUT2D eigenvalue weighted by molar-refractivity contribution is -0.143. The Morgan fingerprint density at radius 2 is 1.90 bits per heavy atom. The minimum Gasteiger partial charge on any atom is -0.479 e. The van der Waals surface area contributed by atoms with Crippen LogP contribution in [0.15, 0.2) is 48.7 Å². The first-order valence-corrected chi connectivity index (χ1v) is 9.28. The molecule has 1 aromatic heterocycles. The van der Waals surface area contributed by atoms with Gasteiger partial charge in [0.05, 0.1) is 23.1 Å². The molecule has 4 rings (SSSR count). The van der Waals surface area contributed by atoms with E-state index >= 15 is 0 Å². The average Bonchev–Trinajstić information content (AvgIpc) is 3.15. The summed E-state index contributed by atoms with van der Waals surface area (Å²) < 4.78 is 47.5. The van der Waals surface area contributed by atoms with Gasteiger partial charge in [-0.15, -0.1) is 0 Å². The first-order valence-electron chi connectivity index (χ1n) is 9.28. The average molecular weight is 430 g/mol. The second kappa shape index (κ2) is 7.46. The van der Waals surface area contributed by atoms with Gasteiger partial charge in [-0.1, -0.05) is 17.7 Å². The highest BCUT2D eigenvalue weighted by Crippen LogP contribution is 2.35. The van der Waals surface area contributed by atoms with E-state index in [-0.39, 0.29) is 17.3 Å². The van der Waals surface area contributed by atoms with E-state index < -0.39 is 29.4 Å². The van der Waals surface area contributed by atoms with E-state index in [9.17, 15) is 22.8 Å². The Balaban J connectivity index is 1.66. The van der Waals surface area contributed by atoms with Crippen molar-refractivity contribution in [1.29, 1.82) is 0 Å². The van der Waals surface area contributed by atoms with Crippen LogP contribution in [-0.2, 0) is 11.0 Å². The molecular weight excluding hydrogens is 413 g/mol. The van der Waals surface area contributed by atoms with Crippen molar-refractivity contribution in [3.8, 4) is 11.4 Å². The summed E-state index contributed by atoms with van der Waals surface area (Å²) in [4.78, 5) is 24.4. The highest BCUT2D eigenvalue weighted by Gasteiger charge is 2.40. The Hall–Kier alpha value is -3.82. The number of anilines is 2. The number of aryl methyl sites for hydroxylation is 1. The van der Waals surface area contributed by atoms with Crippen molar-refractivity contribution in [3.63, 3.8) is 0 Å². The lowest BCUT2D eigenvalue weighted by Gasteiger charge is -2.23. The minimum absolute atomic E-state index is 0.180. The lowest BCUT2D eigenvalue weighted by atomic mass is 10.1. The number of hydrogen-bond donors (Lipinski definition) is 2. The number of ether oxygens (including phenoxy) is 1. The predicted octanol–water partition coefficient (Wildman–Crippen LogP) is 4.17.